The quantitative estimate of drug-likeness (QED) is 0.499. The SMILES string of the molecule is O=C(CN1CCNCC1)N1CCC(CN[C@@H]2C[C@H]2c2cc(F)cc(F)c2OCc2cccnc2F)CC1. The van der Waals surface area contributed by atoms with E-state index in [4.69, 9.17) is 4.74 Å². The van der Waals surface area contributed by atoms with Gasteiger partial charge in [0.25, 0.3) is 0 Å². The number of hydrogen-bond acceptors (Lipinski definition) is 6. The summed E-state index contributed by atoms with van der Waals surface area (Å²) in [5, 5.41) is 6.85. The Bertz CT molecular complexity index is 1090. The third-order valence-corrected chi connectivity index (χ3v) is 7.64. The van der Waals surface area contributed by atoms with Gasteiger partial charge in [0.2, 0.25) is 11.9 Å². The van der Waals surface area contributed by atoms with Crippen LogP contribution < -0.4 is 15.4 Å². The van der Waals surface area contributed by atoms with Gasteiger partial charge >= 0.3 is 0 Å². The smallest absolute Gasteiger partial charge is 0.236 e. The van der Waals surface area contributed by atoms with Crippen molar-refractivity contribution >= 4 is 5.91 Å². The minimum absolute atomic E-state index is 0.0322. The molecule has 2 aromatic rings. The van der Waals surface area contributed by atoms with Crippen LogP contribution in [-0.4, -0.2) is 79.1 Å². The van der Waals surface area contributed by atoms with Crippen LogP contribution >= 0.6 is 0 Å². The van der Waals surface area contributed by atoms with Gasteiger partial charge in [-0.2, -0.15) is 4.39 Å². The third-order valence-electron chi connectivity index (χ3n) is 7.64. The number of amides is 1. The fourth-order valence-corrected chi connectivity index (χ4v) is 5.31. The summed E-state index contributed by atoms with van der Waals surface area (Å²) in [4.78, 5) is 20.4. The van der Waals surface area contributed by atoms with Crippen molar-refractivity contribution in [3.8, 4) is 5.75 Å². The molecule has 2 N–H and O–H groups in total. The van der Waals surface area contributed by atoms with E-state index in [1.165, 1.54) is 18.3 Å². The van der Waals surface area contributed by atoms with Crippen molar-refractivity contribution in [3.63, 3.8) is 0 Å². The highest BCUT2D eigenvalue weighted by Gasteiger charge is 2.41. The highest BCUT2D eigenvalue weighted by Crippen LogP contribution is 2.46. The first-order valence-corrected chi connectivity index (χ1v) is 13.1. The first-order chi connectivity index (χ1) is 18.0. The van der Waals surface area contributed by atoms with E-state index >= 15 is 0 Å². The molecule has 37 heavy (non-hydrogen) atoms. The molecular weight excluding hydrogens is 483 g/mol. The van der Waals surface area contributed by atoms with Gasteiger partial charge in [0.05, 0.1) is 6.54 Å². The molecular formula is C27H34F3N5O2. The summed E-state index contributed by atoms with van der Waals surface area (Å²) in [6.07, 6.45) is 3.97. The highest BCUT2D eigenvalue weighted by molar-refractivity contribution is 5.78. The van der Waals surface area contributed by atoms with E-state index in [0.29, 0.717) is 18.0 Å². The molecule has 0 bridgehead atoms. The number of benzene rings is 1. The summed E-state index contributed by atoms with van der Waals surface area (Å²) in [7, 11) is 0. The van der Waals surface area contributed by atoms with Crippen molar-refractivity contribution in [1.82, 2.24) is 25.4 Å². The van der Waals surface area contributed by atoms with E-state index in [2.05, 4.69) is 20.5 Å². The summed E-state index contributed by atoms with van der Waals surface area (Å²) in [6.45, 7) is 6.34. The van der Waals surface area contributed by atoms with Crippen molar-refractivity contribution in [3.05, 3.63) is 59.2 Å². The second-order valence-electron chi connectivity index (χ2n) is 10.3. The molecule has 1 amide bonds. The van der Waals surface area contributed by atoms with Gasteiger partial charge in [0.15, 0.2) is 11.6 Å². The number of nitrogens with zero attached hydrogens (tertiary/aromatic N) is 3. The Kier molecular flexibility index (Phi) is 8.26. The van der Waals surface area contributed by atoms with Gasteiger partial charge in [-0.3, -0.25) is 9.69 Å². The predicted molar refractivity (Wildman–Crippen MR) is 133 cm³/mol. The average Bonchev–Trinajstić information content (AvgIpc) is 3.68. The molecule has 2 saturated heterocycles. The Morgan fingerprint density at radius 1 is 1.14 bits per heavy atom. The first-order valence-electron chi connectivity index (χ1n) is 13.1. The minimum atomic E-state index is -0.789. The fraction of sp³-hybridized carbons (Fsp3) is 0.556. The summed E-state index contributed by atoms with van der Waals surface area (Å²) in [6, 6.07) is 5.31. The van der Waals surface area contributed by atoms with Crippen LogP contribution in [0.4, 0.5) is 13.2 Å². The molecule has 2 atom stereocenters. The van der Waals surface area contributed by atoms with E-state index in [9.17, 15) is 18.0 Å². The molecule has 7 nitrogen and oxygen atoms in total. The fourth-order valence-electron chi connectivity index (χ4n) is 5.31. The number of halogens is 3. The number of piperidine rings is 1. The first kappa shape index (κ1) is 25.9. The van der Waals surface area contributed by atoms with Crippen LogP contribution in [0.1, 0.15) is 36.3 Å². The molecule has 2 aliphatic heterocycles. The number of carbonyl (C=O) groups is 1. The third kappa shape index (κ3) is 6.61. The molecule has 0 radical (unpaired) electrons. The van der Waals surface area contributed by atoms with Gasteiger partial charge in [-0.1, -0.05) is 0 Å². The van der Waals surface area contributed by atoms with Gasteiger partial charge in [-0.15, -0.1) is 0 Å². The number of aromatic nitrogens is 1. The predicted octanol–water partition coefficient (Wildman–Crippen LogP) is 2.67. The maximum atomic E-state index is 14.6. The monoisotopic (exact) mass is 517 g/mol. The Hall–Kier alpha value is -2.69. The second kappa shape index (κ2) is 11.8. The molecule has 200 valence electrons. The van der Waals surface area contributed by atoms with E-state index in [-0.39, 0.29) is 35.8 Å². The van der Waals surface area contributed by atoms with Gasteiger partial charge < -0.3 is 20.3 Å². The number of ether oxygens (including phenoxy) is 1. The molecule has 5 rings (SSSR count). The topological polar surface area (TPSA) is 69.7 Å². The van der Waals surface area contributed by atoms with E-state index in [1.807, 2.05) is 4.90 Å². The number of rotatable bonds is 9. The van der Waals surface area contributed by atoms with E-state index in [1.54, 1.807) is 6.07 Å². The van der Waals surface area contributed by atoms with Crippen molar-refractivity contribution in [2.45, 2.75) is 37.8 Å². The molecule has 3 heterocycles. The number of likely N-dealkylation sites (tertiary alicyclic amines) is 1. The molecule has 10 heteroatoms. The maximum Gasteiger partial charge on any atom is 0.236 e. The molecule has 3 fully saturated rings. The number of hydrogen-bond donors (Lipinski definition) is 2. The Morgan fingerprint density at radius 2 is 1.92 bits per heavy atom. The largest absolute Gasteiger partial charge is 0.485 e. The van der Waals surface area contributed by atoms with Gasteiger partial charge in [0, 0.05) is 74.6 Å². The standard InChI is InChI=1S/C27H34F3N5O2/c28-20-12-22(26(23(29)13-20)37-17-19-2-1-5-32-27(19)30)21-14-24(21)33-15-18-3-8-35(9-4-18)25(36)16-34-10-6-31-7-11-34/h1-2,5,12-13,18,21,24,31,33H,3-4,6-11,14-17H2/t21-,24+/m0/s1. The van der Waals surface area contributed by atoms with Gasteiger partial charge in [-0.05, 0) is 49.9 Å². The Balaban J connectivity index is 1.10. The Morgan fingerprint density at radius 3 is 2.68 bits per heavy atom. The van der Waals surface area contributed by atoms with Crippen molar-refractivity contribution in [2.24, 2.45) is 5.92 Å². The molecule has 3 aliphatic rings. The Labute approximate surface area is 215 Å². The normalized spacial score (nSPS) is 22.7. The van der Waals surface area contributed by atoms with Crippen LogP contribution in [0, 0.1) is 23.5 Å². The van der Waals surface area contributed by atoms with Crippen LogP contribution in [0.15, 0.2) is 30.5 Å². The molecule has 1 saturated carbocycles. The number of piperazine rings is 1. The number of pyridine rings is 1. The summed E-state index contributed by atoms with van der Waals surface area (Å²) >= 11 is 0. The highest BCUT2D eigenvalue weighted by atomic mass is 19.1. The molecule has 0 spiro atoms. The van der Waals surface area contributed by atoms with Crippen LogP contribution in [0.5, 0.6) is 5.75 Å². The molecule has 1 aromatic heterocycles. The van der Waals surface area contributed by atoms with Crippen LogP contribution in [0.25, 0.3) is 0 Å². The van der Waals surface area contributed by atoms with Gasteiger partial charge in [0.1, 0.15) is 12.4 Å². The van der Waals surface area contributed by atoms with Crippen molar-refractivity contribution < 1.29 is 22.7 Å². The van der Waals surface area contributed by atoms with Crippen molar-refractivity contribution in [1.29, 1.82) is 0 Å². The lowest BCUT2D eigenvalue weighted by molar-refractivity contribution is -0.133. The lowest BCUT2D eigenvalue weighted by Gasteiger charge is -2.34. The molecule has 0 unspecified atom stereocenters. The second-order valence-corrected chi connectivity index (χ2v) is 10.3. The average molecular weight is 518 g/mol. The lowest BCUT2D eigenvalue weighted by Crippen LogP contribution is -2.50. The van der Waals surface area contributed by atoms with Crippen LogP contribution in [-0.2, 0) is 11.4 Å². The summed E-state index contributed by atoms with van der Waals surface area (Å²) < 4.78 is 48.2. The van der Waals surface area contributed by atoms with Gasteiger partial charge in [-0.25, -0.2) is 13.8 Å². The molecule has 1 aliphatic carbocycles. The zero-order chi connectivity index (χ0) is 25.8. The van der Waals surface area contributed by atoms with E-state index in [0.717, 1.165) is 71.1 Å². The van der Waals surface area contributed by atoms with Crippen LogP contribution in [0.2, 0.25) is 0 Å². The zero-order valence-electron chi connectivity index (χ0n) is 20.9. The number of nitrogens with one attached hydrogen (secondary N) is 2. The van der Waals surface area contributed by atoms with Crippen molar-refractivity contribution in [2.75, 3.05) is 52.4 Å². The number of carbonyl (C=O) groups excluding carboxylic acids is 1. The van der Waals surface area contributed by atoms with E-state index < -0.39 is 17.6 Å². The maximum absolute atomic E-state index is 14.6. The zero-order valence-corrected chi connectivity index (χ0v) is 20.9. The summed E-state index contributed by atoms with van der Waals surface area (Å²) in [5.41, 5.74) is 0.674. The minimum Gasteiger partial charge on any atom is -0.485 e. The lowest BCUT2D eigenvalue weighted by atomic mass is 9.96. The van der Waals surface area contributed by atoms with Crippen LogP contribution in [0.3, 0.4) is 0 Å². The molecule has 1 aromatic carbocycles. The summed E-state index contributed by atoms with van der Waals surface area (Å²) in [5.74, 6) is -1.55.